The molecule has 4 N–H and O–H groups in total. The zero-order valence-electron chi connectivity index (χ0n) is 13.9. The minimum Gasteiger partial charge on any atom is -0.366 e. The smallest absolute Gasteiger partial charge is 0.250 e. The van der Waals surface area contributed by atoms with Crippen LogP contribution in [-0.2, 0) is 11.3 Å². The Kier molecular flexibility index (Phi) is 5.03. The molecule has 1 aliphatic carbocycles. The highest BCUT2D eigenvalue weighted by Crippen LogP contribution is 2.33. The van der Waals surface area contributed by atoms with E-state index in [1.807, 2.05) is 19.2 Å². The fourth-order valence-electron chi connectivity index (χ4n) is 3.07. The van der Waals surface area contributed by atoms with Gasteiger partial charge in [0, 0.05) is 7.05 Å². The summed E-state index contributed by atoms with van der Waals surface area (Å²) in [5, 5.41) is 2.78. The quantitative estimate of drug-likeness (QED) is 0.752. The molecule has 0 spiro atoms. The van der Waals surface area contributed by atoms with Crippen molar-refractivity contribution in [2.24, 2.45) is 22.6 Å². The number of rotatable bonds is 3. The number of nitrogens with zero attached hydrogens (tertiary/aromatic N) is 2. The van der Waals surface area contributed by atoms with Crippen molar-refractivity contribution in [2.75, 3.05) is 7.05 Å². The van der Waals surface area contributed by atoms with Gasteiger partial charge in [0.25, 0.3) is 5.91 Å². The van der Waals surface area contributed by atoms with Gasteiger partial charge in [0.1, 0.15) is 5.84 Å². The van der Waals surface area contributed by atoms with Crippen molar-refractivity contribution in [3.8, 4) is 0 Å². The average molecular weight is 380 g/mol. The number of halogens is 2. The van der Waals surface area contributed by atoms with Crippen LogP contribution in [-0.4, -0.2) is 23.8 Å². The molecule has 1 aliphatic heterocycles. The minimum absolute atomic E-state index is 0.0819. The number of hydrazine groups is 2. The summed E-state index contributed by atoms with van der Waals surface area (Å²) in [4.78, 5) is 16.5. The second-order valence-corrected chi connectivity index (χ2v) is 6.92. The first-order valence-corrected chi connectivity index (χ1v) is 8.60. The maximum absolute atomic E-state index is 11.8. The van der Waals surface area contributed by atoms with Gasteiger partial charge in [-0.1, -0.05) is 48.3 Å². The summed E-state index contributed by atoms with van der Waals surface area (Å²) >= 11 is 12.0. The van der Waals surface area contributed by atoms with Crippen LogP contribution in [0, 0.1) is 11.8 Å². The highest BCUT2D eigenvalue weighted by atomic mass is 35.5. The highest BCUT2D eigenvalue weighted by molar-refractivity contribution is 6.42. The number of carbonyl (C=O) groups excluding carboxylic acids is 1. The molecule has 0 saturated carbocycles. The van der Waals surface area contributed by atoms with E-state index >= 15 is 0 Å². The Bertz CT molecular complexity index is 802. The van der Waals surface area contributed by atoms with Crippen molar-refractivity contribution in [1.29, 1.82) is 0 Å². The number of benzene rings is 1. The lowest BCUT2D eigenvalue weighted by atomic mass is 9.82. The van der Waals surface area contributed by atoms with Crippen molar-refractivity contribution in [3.63, 3.8) is 0 Å². The largest absolute Gasteiger partial charge is 0.366 e. The van der Waals surface area contributed by atoms with Crippen LogP contribution in [0.1, 0.15) is 12.5 Å². The summed E-state index contributed by atoms with van der Waals surface area (Å²) in [5.74, 6) is 0.376. The van der Waals surface area contributed by atoms with E-state index in [2.05, 4.69) is 22.9 Å². The van der Waals surface area contributed by atoms with Crippen LogP contribution >= 0.6 is 23.2 Å². The van der Waals surface area contributed by atoms with Crippen LogP contribution in [0.2, 0.25) is 10.0 Å². The van der Waals surface area contributed by atoms with E-state index in [1.165, 1.54) is 0 Å². The molecule has 132 valence electrons. The van der Waals surface area contributed by atoms with Crippen LogP contribution in [0.25, 0.3) is 0 Å². The number of amides is 1. The number of hydrogen-bond acceptors (Lipinski definition) is 4. The molecule has 8 heteroatoms. The number of allylic oxidation sites excluding steroid dienone is 1. The van der Waals surface area contributed by atoms with Gasteiger partial charge in [-0.3, -0.25) is 20.2 Å². The van der Waals surface area contributed by atoms with Gasteiger partial charge in [0.05, 0.1) is 33.8 Å². The van der Waals surface area contributed by atoms with Crippen molar-refractivity contribution >= 4 is 34.9 Å². The molecule has 2 atom stereocenters. The monoisotopic (exact) mass is 379 g/mol. The molecule has 1 heterocycles. The van der Waals surface area contributed by atoms with E-state index in [1.54, 1.807) is 23.2 Å². The predicted octanol–water partition coefficient (Wildman–Crippen LogP) is 2.41. The molecule has 0 radical (unpaired) electrons. The molecule has 2 unspecified atom stereocenters. The zero-order chi connectivity index (χ0) is 18.1. The lowest BCUT2D eigenvalue weighted by molar-refractivity contribution is -0.114. The molecular weight excluding hydrogens is 361 g/mol. The predicted molar refractivity (Wildman–Crippen MR) is 99.6 cm³/mol. The molecule has 6 nitrogen and oxygen atoms in total. The first-order chi connectivity index (χ1) is 11.9. The van der Waals surface area contributed by atoms with E-state index in [0.29, 0.717) is 22.2 Å². The fraction of sp³-hybridized carbons (Fsp3) is 0.294. The number of nitrogens with two attached hydrogens (primary N) is 1. The number of primary amides is 1. The van der Waals surface area contributed by atoms with E-state index in [9.17, 15) is 4.79 Å². The third kappa shape index (κ3) is 3.51. The highest BCUT2D eigenvalue weighted by Gasteiger charge is 2.37. The number of nitrogens with one attached hydrogen (secondary N) is 2. The van der Waals surface area contributed by atoms with E-state index in [4.69, 9.17) is 28.9 Å². The molecule has 1 aromatic carbocycles. The van der Waals surface area contributed by atoms with E-state index < -0.39 is 5.91 Å². The summed E-state index contributed by atoms with van der Waals surface area (Å²) in [7, 11) is 1.83. The Hall–Kier alpha value is -2.02. The number of hydrogen-bond donors (Lipinski definition) is 3. The van der Waals surface area contributed by atoms with Crippen molar-refractivity contribution < 1.29 is 4.79 Å². The number of amidine groups is 1. The lowest BCUT2D eigenvalue weighted by Gasteiger charge is -2.41. The number of carbonyl (C=O) groups is 1. The zero-order valence-corrected chi connectivity index (χ0v) is 15.4. The van der Waals surface area contributed by atoms with E-state index in [-0.39, 0.29) is 11.8 Å². The molecular formula is C17H19Cl2N5O. The van der Waals surface area contributed by atoms with Crippen LogP contribution in [0.5, 0.6) is 0 Å². The van der Waals surface area contributed by atoms with Gasteiger partial charge in [-0.2, -0.15) is 0 Å². The molecule has 1 saturated heterocycles. The van der Waals surface area contributed by atoms with Gasteiger partial charge in [0.15, 0.2) is 0 Å². The van der Waals surface area contributed by atoms with Gasteiger partial charge < -0.3 is 5.73 Å². The third-order valence-electron chi connectivity index (χ3n) is 4.35. The molecule has 25 heavy (non-hydrogen) atoms. The van der Waals surface area contributed by atoms with Crippen molar-refractivity contribution in [3.05, 3.63) is 57.2 Å². The molecule has 1 fully saturated rings. The molecule has 2 aliphatic rings. The van der Waals surface area contributed by atoms with Gasteiger partial charge >= 0.3 is 0 Å². The number of aliphatic imine (C=N–C) groups is 1. The summed E-state index contributed by atoms with van der Waals surface area (Å²) in [6.45, 7) is 2.52. The van der Waals surface area contributed by atoms with Gasteiger partial charge in [0.2, 0.25) is 0 Å². The van der Waals surface area contributed by atoms with Crippen molar-refractivity contribution in [1.82, 2.24) is 16.0 Å². The molecule has 1 aromatic rings. The summed E-state index contributed by atoms with van der Waals surface area (Å²) in [6, 6.07) is 5.44. The van der Waals surface area contributed by atoms with Gasteiger partial charge in [-0.05, 0) is 23.6 Å². The van der Waals surface area contributed by atoms with Crippen LogP contribution < -0.4 is 16.7 Å². The summed E-state index contributed by atoms with van der Waals surface area (Å²) < 4.78 is 0. The van der Waals surface area contributed by atoms with E-state index in [0.717, 1.165) is 17.1 Å². The third-order valence-corrected chi connectivity index (χ3v) is 5.09. The van der Waals surface area contributed by atoms with Crippen LogP contribution in [0.3, 0.4) is 0 Å². The van der Waals surface area contributed by atoms with Crippen molar-refractivity contribution in [2.45, 2.75) is 13.5 Å². The Balaban J connectivity index is 1.93. The maximum atomic E-state index is 11.8. The van der Waals surface area contributed by atoms with Gasteiger partial charge in [-0.15, -0.1) is 5.53 Å². The fourth-order valence-corrected chi connectivity index (χ4v) is 3.39. The summed E-state index contributed by atoms with van der Waals surface area (Å²) in [5.41, 5.74) is 13.9. The molecule has 1 amide bonds. The second-order valence-electron chi connectivity index (χ2n) is 6.10. The SMILES string of the molecule is CC1C=CC(C(N)=O)=C2C1C(=NCc1ccc(Cl)c(Cl)c1)NNN2C. The second kappa shape index (κ2) is 7.07. The Morgan fingerprint density at radius 1 is 1.36 bits per heavy atom. The first kappa shape index (κ1) is 17.8. The average Bonchev–Trinajstić information content (AvgIpc) is 2.57. The summed E-state index contributed by atoms with van der Waals surface area (Å²) in [6.07, 6.45) is 3.75. The Labute approximate surface area is 156 Å². The lowest BCUT2D eigenvalue weighted by Crippen LogP contribution is -2.59. The molecule has 0 bridgehead atoms. The molecule has 3 rings (SSSR count). The van der Waals surface area contributed by atoms with Crippen LogP contribution in [0.15, 0.2) is 46.6 Å². The minimum atomic E-state index is -0.456. The maximum Gasteiger partial charge on any atom is 0.250 e. The Morgan fingerprint density at radius 3 is 2.80 bits per heavy atom. The topological polar surface area (TPSA) is 82.8 Å². The van der Waals surface area contributed by atoms with Gasteiger partial charge in [-0.25, -0.2) is 0 Å². The molecule has 0 aromatic heterocycles. The number of fused-ring (bicyclic) bond motifs is 1. The first-order valence-electron chi connectivity index (χ1n) is 7.84. The standard InChI is InChI=1S/C17H19Cl2N5O/c1-9-3-5-11(16(20)25)15-14(9)17(22-23-24(15)2)21-8-10-4-6-12(18)13(19)7-10/h3-7,9,14,23H,8H2,1-2H3,(H2,20,25)(H,21,22). The Morgan fingerprint density at radius 2 is 2.12 bits per heavy atom. The normalized spacial score (nSPS) is 24.3. The van der Waals surface area contributed by atoms with Crippen LogP contribution in [0.4, 0.5) is 0 Å².